The molecule has 0 spiro atoms. The van der Waals surface area contributed by atoms with E-state index < -0.39 is 0 Å². The van der Waals surface area contributed by atoms with Gasteiger partial charge in [-0.1, -0.05) is 52.9 Å². The Kier molecular flexibility index (Phi) is 4.38. The molecule has 0 aliphatic carbocycles. The second-order valence-electron chi connectivity index (χ2n) is 7.44. The molecule has 0 atom stereocenters. The van der Waals surface area contributed by atoms with Crippen LogP contribution >= 0.6 is 11.3 Å². The molecule has 0 amide bonds. The monoisotopic (exact) mass is 317 g/mol. The van der Waals surface area contributed by atoms with Crippen molar-refractivity contribution in [3.8, 4) is 5.75 Å². The zero-order chi connectivity index (χ0) is 16.5. The zero-order valence-corrected chi connectivity index (χ0v) is 14.8. The molecule has 0 saturated carbocycles. The fraction of sp³-hybridized carbons (Fsp3) is 0.471. The second kappa shape index (κ2) is 5.80. The maximum Gasteiger partial charge on any atom is 0.231 e. The van der Waals surface area contributed by atoms with Crippen molar-refractivity contribution in [2.75, 3.05) is 0 Å². The molecule has 4 nitrogen and oxygen atoms in total. The zero-order valence-electron chi connectivity index (χ0n) is 14.0. The third-order valence-corrected chi connectivity index (χ3v) is 4.02. The minimum absolute atomic E-state index is 0.142. The molecule has 2 rings (SSSR count). The Morgan fingerprint density at radius 2 is 1.59 bits per heavy atom. The van der Waals surface area contributed by atoms with E-state index in [-0.39, 0.29) is 10.8 Å². The summed E-state index contributed by atoms with van der Waals surface area (Å²) in [6.45, 7) is 12.6. The molecule has 1 N–H and O–H groups in total. The van der Waals surface area contributed by atoms with Gasteiger partial charge in [-0.3, -0.25) is 0 Å². The molecule has 118 valence electrons. The first-order chi connectivity index (χ1) is 10.1. The number of aliphatic imine (C=N–C) groups is 1. The highest BCUT2D eigenvalue weighted by Crippen LogP contribution is 2.39. The fourth-order valence-corrected chi connectivity index (χ4v) is 2.62. The topological polar surface area (TPSA) is 58.4 Å². The van der Waals surface area contributed by atoms with Crippen molar-refractivity contribution in [2.24, 2.45) is 4.99 Å². The molecule has 0 fully saturated rings. The van der Waals surface area contributed by atoms with Crippen LogP contribution in [0.5, 0.6) is 5.75 Å². The number of hydrogen-bond donors (Lipinski definition) is 1. The summed E-state index contributed by atoms with van der Waals surface area (Å²) in [5.41, 5.74) is 4.19. The van der Waals surface area contributed by atoms with E-state index in [0.29, 0.717) is 10.9 Å². The first-order valence-corrected chi connectivity index (χ1v) is 8.15. The number of benzene rings is 1. The normalized spacial score (nSPS) is 13.0. The molecule has 1 heterocycles. The average Bonchev–Trinajstić information content (AvgIpc) is 2.87. The van der Waals surface area contributed by atoms with Crippen LogP contribution in [-0.4, -0.2) is 21.5 Å². The van der Waals surface area contributed by atoms with Crippen LogP contribution in [0, 0.1) is 0 Å². The lowest BCUT2D eigenvalue weighted by Crippen LogP contribution is -2.17. The predicted octanol–water partition coefficient (Wildman–Crippen LogP) is 4.59. The molecule has 1 aromatic carbocycles. The summed E-state index contributed by atoms with van der Waals surface area (Å²) < 4.78 is 0. The number of aromatic hydroxyl groups is 1. The van der Waals surface area contributed by atoms with Crippen LogP contribution in [0.15, 0.2) is 22.6 Å². The van der Waals surface area contributed by atoms with Crippen molar-refractivity contribution < 1.29 is 5.11 Å². The van der Waals surface area contributed by atoms with Crippen molar-refractivity contribution in [3.63, 3.8) is 0 Å². The Balaban J connectivity index is 2.55. The van der Waals surface area contributed by atoms with Crippen molar-refractivity contribution in [2.45, 2.75) is 52.4 Å². The van der Waals surface area contributed by atoms with Gasteiger partial charge in [0.2, 0.25) is 5.13 Å². The van der Waals surface area contributed by atoms with Gasteiger partial charge in [-0.05, 0) is 28.5 Å². The van der Waals surface area contributed by atoms with Crippen LogP contribution in [-0.2, 0) is 10.8 Å². The van der Waals surface area contributed by atoms with Crippen LogP contribution in [0.4, 0.5) is 5.13 Å². The third-order valence-electron chi connectivity index (χ3n) is 3.42. The molecule has 1 aromatic heterocycles. The van der Waals surface area contributed by atoms with Crippen LogP contribution < -0.4 is 0 Å². The molecular formula is C17H23N3OS. The molecule has 0 aliphatic rings. The molecule has 22 heavy (non-hydrogen) atoms. The van der Waals surface area contributed by atoms with Crippen LogP contribution in [0.1, 0.15) is 58.2 Å². The van der Waals surface area contributed by atoms with Crippen LogP contribution in [0.25, 0.3) is 0 Å². The number of aromatic nitrogens is 2. The Morgan fingerprint density at radius 3 is 2.00 bits per heavy atom. The van der Waals surface area contributed by atoms with Gasteiger partial charge >= 0.3 is 0 Å². The highest BCUT2D eigenvalue weighted by molar-refractivity contribution is 7.13. The maximum atomic E-state index is 10.7. The van der Waals surface area contributed by atoms with Crippen molar-refractivity contribution in [3.05, 3.63) is 34.3 Å². The maximum absolute atomic E-state index is 10.7. The first kappa shape index (κ1) is 16.6. The molecule has 0 unspecified atom stereocenters. The standard InChI is InChI=1S/C17H23N3OS/c1-16(2,3)12-7-11(9-18-15-20-19-10-22-15)8-13(14(12)21)17(4,5)6/h7-10,21H,1-6H3/b18-9+. The minimum atomic E-state index is -0.142. The number of nitrogens with zero attached hydrogens (tertiary/aromatic N) is 3. The van der Waals surface area contributed by atoms with E-state index in [2.05, 4.69) is 56.7 Å². The van der Waals surface area contributed by atoms with E-state index in [1.54, 1.807) is 11.7 Å². The lowest BCUT2D eigenvalue weighted by atomic mass is 9.78. The van der Waals surface area contributed by atoms with E-state index in [9.17, 15) is 5.11 Å². The number of phenols is 1. The van der Waals surface area contributed by atoms with E-state index in [0.717, 1.165) is 16.7 Å². The third kappa shape index (κ3) is 3.71. The highest BCUT2D eigenvalue weighted by atomic mass is 32.1. The summed E-state index contributed by atoms with van der Waals surface area (Å²) in [6, 6.07) is 3.99. The summed E-state index contributed by atoms with van der Waals surface area (Å²) >= 11 is 1.40. The molecule has 0 radical (unpaired) electrons. The summed E-state index contributed by atoms with van der Waals surface area (Å²) in [7, 11) is 0. The van der Waals surface area contributed by atoms with Crippen LogP contribution in [0.3, 0.4) is 0 Å². The molecule has 0 bridgehead atoms. The van der Waals surface area contributed by atoms with Gasteiger partial charge in [0.15, 0.2) is 0 Å². The summed E-state index contributed by atoms with van der Waals surface area (Å²) in [6.07, 6.45) is 1.78. The van der Waals surface area contributed by atoms with Gasteiger partial charge in [0.05, 0.1) is 0 Å². The van der Waals surface area contributed by atoms with E-state index >= 15 is 0 Å². The van der Waals surface area contributed by atoms with Crippen molar-refractivity contribution >= 4 is 22.7 Å². The average molecular weight is 317 g/mol. The van der Waals surface area contributed by atoms with Crippen molar-refractivity contribution in [1.82, 2.24) is 10.2 Å². The van der Waals surface area contributed by atoms with E-state index in [1.807, 2.05) is 12.1 Å². The lowest BCUT2D eigenvalue weighted by Gasteiger charge is -2.27. The summed E-state index contributed by atoms with van der Waals surface area (Å²) in [5.74, 6) is 0.382. The van der Waals surface area contributed by atoms with Gasteiger partial charge in [0, 0.05) is 17.3 Å². The number of rotatable bonds is 2. The van der Waals surface area contributed by atoms with Gasteiger partial charge in [0.1, 0.15) is 11.3 Å². The smallest absolute Gasteiger partial charge is 0.231 e. The molecule has 0 aliphatic heterocycles. The molecule has 0 saturated heterocycles. The summed E-state index contributed by atoms with van der Waals surface area (Å²) in [4.78, 5) is 4.35. The first-order valence-electron chi connectivity index (χ1n) is 7.27. The Hall–Kier alpha value is -1.75. The Labute approximate surface area is 136 Å². The van der Waals surface area contributed by atoms with Gasteiger partial charge in [-0.2, -0.15) is 0 Å². The Morgan fingerprint density at radius 1 is 1.05 bits per heavy atom. The highest BCUT2D eigenvalue weighted by Gasteiger charge is 2.26. The van der Waals surface area contributed by atoms with Gasteiger partial charge in [-0.25, -0.2) is 4.99 Å². The quantitative estimate of drug-likeness (QED) is 0.824. The lowest BCUT2D eigenvalue weighted by molar-refractivity contribution is 0.423. The number of phenolic OH excluding ortho intramolecular Hbond substituents is 1. The van der Waals surface area contributed by atoms with Crippen LogP contribution in [0.2, 0.25) is 0 Å². The van der Waals surface area contributed by atoms with Gasteiger partial charge < -0.3 is 5.11 Å². The van der Waals surface area contributed by atoms with E-state index in [4.69, 9.17) is 0 Å². The minimum Gasteiger partial charge on any atom is -0.507 e. The van der Waals surface area contributed by atoms with E-state index in [1.165, 1.54) is 11.3 Å². The van der Waals surface area contributed by atoms with Gasteiger partial charge in [-0.15, -0.1) is 10.2 Å². The fourth-order valence-electron chi connectivity index (χ4n) is 2.23. The number of hydrogen-bond acceptors (Lipinski definition) is 5. The van der Waals surface area contributed by atoms with Gasteiger partial charge in [0.25, 0.3) is 0 Å². The predicted molar refractivity (Wildman–Crippen MR) is 92.7 cm³/mol. The summed E-state index contributed by atoms with van der Waals surface area (Å²) in [5, 5.41) is 19.0. The van der Waals surface area contributed by atoms with Crippen molar-refractivity contribution in [1.29, 1.82) is 0 Å². The largest absolute Gasteiger partial charge is 0.507 e. The second-order valence-corrected chi connectivity index (χ2v) is 8.26. The molecule has 2 aromatic rings. The molecule has 5 heteroatoms. The molecular weight excluding hydrogens is 294 g/mol. The Bertz CT molecular complexity index is 642. The SMILES string of the molecule is CC(C)(C)c1cc(/C=N/c2nncs2)cc(C(C)(C)C)c1O.